The third-order valence-corrected chi connectivity index (χ3v) is 14.3. The van der Waals surface area contributed by atoms with E-state index in [-0.39, 0.29) is 0 Å². The fraction of sp³-hybridized carbons (Fsp3) is 0.613. The molecule has 100 heavy (non-hydrogen) atoms. The molecule has 1 aromatic rings. The van der Waals surface area contributed by atoms with Gasteiger partial charge in [-0.1, -0.05) is 24.3 Å². The van der Waals surface area contributed by atoms with Crippen LogP contribution >= 0.6 is 0 Å². The second-order valence-electron chi connectivity index (χ2n) is 22.4. The monoisotopic (exact) mass is 1430 g/mol. The van der Waals surface area contributed by atoms with Crippen LogP contribution in [0.4, 0.5) is 0 Å². The summed E-state index contributed by atoms with van der Waals surface area (Å²) in [7, 11) is 0. The third-order valence-electron chi connectivity index (χ3n) is 14.3. The molecule has 0 unspecified atom stereocenters. The largest absolute Gasteiger partial charge is 0.463 e. The lowest BCUT2D eigenvalue weighted by atomic mass is 9.91. The quantitative estimate of drug-likeness (QED) is 0.0837. The summed E-state index contributed by atoms with van der Waals surface area (Å²) in [5.74, 6) is -19.9. The molecule has 4 aliphatic heterocycles. The molecule has 38 heteroatoms. The first-order valence-corrected chi connectivity index (χ1v) is 30.4. The standard InChI is InChI=1S/C62H74O38/c1-23(63)79-19-39-45(83-27(5)67)51(85-29(7)69)55(89-33(11)73)59(93-39)97-47-41(21-81-25(3)65)95-61(57(91-35(13)75)53(47)87-31(9)71)99-49-43(77)37-17-15-16-18-38(37)44(78)50(49)100-62-58(92-36(14)76)54(88-32(10)72)48(42(96-62)22-82-26(4)66)98-60-56(90-34(12)74)52(86-30(8)70)46(84-28(6)68)40(94-60)20-80-24(2)64/h15-18,39-42,45-48,51-62H,19-22H2,1-14H3/t39-,40-,41-,42-,45-,46-,47-,48-,51+,52+,53+,54+,55-,56-,57-,58-,59-,60-,61+,62+/m1/s1. The Kier molecular flexibility index (Phi) is 28.0. The Morgan fingerprint density at radius 3 is 0.710 bits per heavy atom. The normalized spacial score (nSPS) is 29.9. The number of esters is 14. The van der Waals surface area contributed by atoms with E-state index in [1.165, 1.54) is 12.1 Å². The number of benzene rings is 1. The molecule has 0 saturated carbocycles. The van der Waals surface area contributed by atoms with E-state index in [9.17, 15) is 67.1 Å². The molecule has 4 saturated heterocycles. The number of ketones is 2. The maximum absolute atomic E-state index is 15.2. The second-order valence-corrected chi connectivity index (χ2v) is 22.4. The highest BCUT2D eigenvalue weighted by Crippen LogP contribution is 2.41. The molecule has 20 atom stereocenters. The molecule has 38 nitrogen and oxygen atoms in total. The van der Waals surface area contributed by atoms with Crippen molar-refractivity contribution >= 4 is 95.1 Å². The fourth-order valence-electron chi connectivity index (χ4n) is 10.9. The molecule has 0 aromatic heterocycles. The van der Waals surface area contributed by atoms with Crippen molar-refractivity contribution in [3.8, 4) is 0 Å². The summed E-state index contributed by atoms with van der Waals surface area (Å²) in [6, 6.07) is 4.96. The summed E-state index contributed by atoms with van der Waals surface area (Å²) in [6.07, 6.45) is -40.5. The highest BCUT2D eigenvalue weighted by Gasteiger charge is 2.61. The van der Waals surface area contributed by atoms with Crippen LogP contribution < -0.4 is 0 Å². The summed E-state index contributed by atoms with van der Waals surface area (Å²) in [6.45, 7) is 9.36. The Balaban J connectivity index is 1.55. The summed E-state index contributed by atoms with van der Waals surface area (Å²) in [5.41, 5.74) is -0.838. The number of hydrogen-bond donors (Lipinski definition) is 0. The molecule has 1 aliphatic carbocycles. The maximum Gasteiger partial charge on any atom is 0.303 e. The zero-order valence-electron chi connectivity index (χ0n) is 56.2. The Labute approximate surface area is 567 Å². The number of allylic oxidation sites excluding steroid dienone is 2. The molecule has 6 rings (SSSR count). The summed E-state index contributed by atoms with van der Waals surface area (Å²) >= 11 is 0. The minimum Gasteiger partial charge on any atom is -0.463 e. The van der Waals surface area contributed by atoms with Gasteiger partial charge < -0.3 is 104 Å². The van der Waals surface area contributed by atoms with E-state index in [1.54, 1.807) is 0 Å². The number of fused-ring (bicyclic) bond motifs is 1. The van der Waals surface area contributed by atoms with E-state index in [4.69, 9.17) is 104 Å². The zero-order valence-corrected chi connectivity index (χ0v) is 56.2. The highest BCUT2D eigenvalue weighted by molar-refractivity contribution is 6.25. The molecule has 550 valence electrons. The first kappa shape index (κ1) is 79.2. The Bertz CT molecular complexity index is 3120. The van der Waals surface area contributed by atoms with E-state index < -0.39 is 267 Å². The minimum absolute atomic E-state index is 0.419. The number of rotatable bonds is 26. The predicted octanol–water partition coefficient (Wildman–Crippen LogP) is -0.450. The average Bonchev–Trinajstić information content (AvgIpc) is 0.758. The van der Waals surface area contributed by atoms with Gasteiger partial charge in [0.15, 0.2) is 61.4 Å². The van der Waals surface area contributed by atoms with Crippen molar-refractivity contribution in [2.75, 3.05) is 26.4 Å². The number of carbonyl (C=O) groups is 16. The van der Waals surface area contributed by atoms with E-state index in [0.29, 0.717) is 0 Å². The van der Waals surface area contributed by atoms with Gasteiger partial charge in [0.25, 0.3) is 0 Å². The molecule has 0 spiro atoms. The molecular weight excluding hydrogens is 1350 g/mol. The molecule has 1 aromatic carbocycles. The van der Waals surface area contributed by atoms with Gasteiger partial charge in [-0.25, -0.2) is 0 Å². The smallest absolute Gasteiger partial charge is 0.303 e. The Morgan fingerprint density at radius 2 is 0.470 bits per heavy atom. The summed E-state index contributed by atoms with van der Waals surface area (Å²) in [5, 5.41) is 0. The van der Waals surface area contributed by atoms with E-state index in [0.717, 1.165) is 109 Å². The number of Topliss-reactive ketones (excluding diaryl/α,β-unsaturated/α-hetero) is 2. The zero-order chi connectivity index (χ0) is 74.3. The molecule has 0 radical (unpaired) electrons. The summed E-state index contributed by atoms with van der Waals surface area (Å²) < 4.78 is 128. The van der Waals surface area contributed by atoms with Gasteiger partial charge >= 0.3 is 83.6 Å². The van der Waals surface area contributed by atoms with Crippen molar-refractivity contribution in [1.82, 2.24) is 0 Å². The van der Waals surface area contributed by atoms with Gasteiger partial charge in [0.05, 0.1) is 0 Å². The van der Waals surface area contributed by atoms with Gasteiger partial charge in [-0.15, -0.1) is 0 Å². The van der Waals surface area contributed by atoms with Crippen molar-refractivity contribution in [2.45, 2.75) is 220 Å². The molecule has 0 bridgehead atoms. The molecular formula is C62H74O38. The van der Waals surface area contributed by atoms with Gasteiger partial charge in [-0.3, -0.25) is 76.7 Å². The van der Waals surface area contributed by atoms with Crippen molar-refractivity contribution in [1.29, 1.82) is 0 Å². The molecule has 4 fully saturated rings. The number of hydrogen-bond acceptors (Lipinski definition) is 38. The fourth-order valence-corrected chi connectivity index (χ4v) is 10.9. The van der Waals surface area contributed by atoms with Gasteiger partial charge in [0.2, 0.25) is 47.9 Å². The minimum atomic E-state index is -2.40. The molecule has 0 amide bonds. The van der Waals surface area contributed by atoms with Crippen molar-refractivity contribution in [3.63, 3.8) is 0 Å². The molecule has 4 heterocycles. The van der Waals surface area contributed by atoms with Crippen LogP contribution in [-0.2, 0) is 171 Å². The van der Waals surface area contributed by atoms with E-state index in [2.05, 4.69) is 0 Å². The number of carbonyl (C=O) groups excluding carboxylic acids is 16. The second kappa shape index (κ2) is 35.3. The predicted molar refractivity (Wildman–Crippen MR) is 311 cm³/mol. The van der Waals surface area contributed by atoms with Crippen molar-refractivity contribution in [2.24, 2.45) is 0 Å². The lowest BCUT2D eigenvalue weighted by Crippen LogP contribution is -2.67. The van der Waals surface area contributed by atoms with Crippen LogP contribution in [0.3, 0.4) is 0 Å². The molecule has 0 N–H and O–H groups in total. The van der Waals surface area contributed by atoms with Crippen molar-refractivity contribution in [3.05, 3.63) is 46.9 Å². The average molecular weight is 1430 g/mol. The van der Waals surface area contributed by atoms with Crippen LogP contribution in [0.25, 0.3) is 0 Å². The highest BCUT2D eigenvalue weighted by atomic mass is 16.8. The van der Waals surface area contributed by atoms with Crippen LogP contribution in [-0.4, -0.2) is 244 Å². The third kappa shape index (κ3) is 21.4. The van der Waals surface area contributed by atoms with Gasteiger partial charge in [0, 0.05) is 108 Å². The van der Waals surface area contributed by atoms with Gasteiger partial charge in [0.1, 0.15) is 63.1 Å². The van der Waals surface area contributed by atoms with Gasteiger partial charge in [-0.2, -0.15) is 0 Å². The SMILES string of the molecule is CC(=O)OC[C@H]1O[C@H](O[C@H]2[C@H](OC(C)=O)[C@@H](OC(C)=O)[C@H](OC3=C(O[C@@H]4O[C@H](COC(C)=O)[C@@H](O[C@H]5O[C@H](COC(C)=O)[C@@H](OC(C)=O)[C@H](OC(C)=O)[C@H]5OC(C)=O)[C@H](OC(C)=O)[C@H]4OC(C)=O)C(=O)c4ccccc4C3=O)O[C@@H]2COC(C)=O)[C@H](OC(C)=O)[C@@H](OC(C)=O)[C@@H]1OC(C)=O. The Hall–Kier alpha value is -9.76. The summed E-state index contributed by atoms with van der Waals surface area (Å²) in [4.78, 5) is 210. The maximum atomic E-state index is 15.2. The van der Waals surface area contributed by atoms with Crippen LogP contribution in [0.1, 0.15) is 118 Å². The van der Waals surface area contributed by atoms with Crippen LogP contribution in [0, 0.1) is 0 Å². The van der Waals surface area contributed by atoms with Crippen LogP contribution in [0.2, 0.25) is 0 Å². The van der Waals surface area contributed by atoms with E-state index in [1.807, 2.05) is 0 Å². The molecule has 5 aliphatic rings. The first-order chi connectivity index (χ1) is 46.9. The van der Waals surface area contributed by atoms with E-state index >= 15 is 9.59 Å². The van der Waals surface area contributed by atoms with Gasteiger partial charge in [-0.05, 0) is 0 Å². The first-order valence-electron chi connectivity index (χ1n) is 30.4. The topological polar surface area (TPSA) is 476 Å². The Morgan fingerprint density at radius 1 is 0.270 bits per heavy atom. The van der Waals surface area contributed by atoms with Crippen LogP contribution in [0.15, 0.2) is 35.8 Å². The lowest BCUT2D eigenvalue weighted by Gasteiger charge is -2.49. The van der Waals surface area contributed by atoms with Crippen molar-refractivity contribution < 1.29 is 181 Å². The van der Waals surface area contributed by atoms with Crippen LogP contribution in [0.5, 0.6) is 0 Å². The lowest BCUT2D eigenvalue weighted by molar-refractivity contribution is -0.360. The number of ether oxygens (including phenoxy) is 22.